The summed E-state index contributed by atoms with van der Waals surface area (Å²) in [6, 6.07) is 0.770. The number of hydrogen-bond donors (Lipinski definition) is 1. The fraction of sp³-hybridized carbons (Fsp3) is 1.00. The van der Waals surface area contributed by atoms with Crippen molar-refractivity contribution in [3.8, 4) is 0 Å². The highest BCUT2D eigenvalue weighted by Crippen LogP contribution is 2.36. The normalized spacial score (nSPS) is 40.0. The molecule has 86 valence electrons. The van der Waals surface area contributed by atoms with Crippen LogP contribution in [-0.2, 0) is 4.74 Å². The second-order valence-corrected chi connectivity index (χ2v) is 5.73. The maximum Gasteiger partial charge on any atom is 0.0806 e. The fourth-order valence-corrected chi connectivity index (χ4v) is 3.67. The van der Waals surface area contributed by atoms with Gasteiger partial charge < -0.3 is 10.1 Å². The van der Waals surface area contributed by atoms with Gasteiger partial charge in [0.15, 0.2) is 0 Å². The van der Waals surface area contributed by atoms with Crippen LogP contribution in [0.4, 0.5) is 0 Å². The fourth-order valence-electron chi connectivity index (χ4n) is 3.67. The summed E-state index contributed by atoms with van der Waals surface area (Å²) in [4.78, 5) is 0. The summed E-state index contributed by atoms with van der Waals surface area (Å²) >= 11 is 0. The lowest BCUT2D eigenvalue weighted by Crippen LogP contribution is -2.44. The van der Waals surface area contributed by atoms with E-state index in [1.54, 1.807) is 0 Å². The Morgan fingerprint density at radius 1 is 1.00 bits per heavy atom. The van der Waals surface area contributed by atoms with Crippen molar-refractivity contribution >= 4 is 0 Å². The Bertz CT molecular complexity index is 207. The predicted molar refractivity (Wildman–Crippen MR) is 60.9 cm³/mol. The highest BCUT2D eigenvalue weighted by atomic mass is 16.5. The Kier molecular flexibility index (Phi) is 2.73. The van der Waals surface area contributed by atoms with Gasteiger partial charge >= 0.3 is 0 Å². The minimum Gasteiger partial charge on any atom is -0.373 e. The number of hydrogen-bond acceptors (Lipinski definition) is 2. The summed E-state index contributed by atoms with van der Waals surface area (Å²) in [6.07, 6.45) is 10.9. The van der Waals surface area contributed by atoms with Crippen LogP contribution in [0.2, 0.25) is 0 Å². The van der Waals surface area contributed by atoms with Crippen LogP contribution < -0.4 is 5.32 Å². The SMILES string of the molecule is C1CCC2(CC1)CNC1CCCC1CO2. The molecule has 1 heterocycles. The van der Waals surface area contributed by atoms with E-state index in [1.165, 1.54) is 51.4 Å². The van der Waals surface area contributed by atoms with E-state index in [0.717, 1.165) is 25.1 Å². The van der Waals surface area contributed by atoms with Gasteiger partial charge in [0.05, 0.1) is 12.2 Å². The number of fused-ring (bicyclic) bond motifs is 1. The van der Waals surface area contributed by atoms with Crippen molar-refractivity contribution in [1.29, 1.82) is 0 Å². The van der Waals surface area contributed by atoms with E-state index < -0.39 is 0 Å². The van der Waals surface area contributed by atoms with Gasteiger partial charge in [0.25, 0.3) is 0 Å². The van der Waals surface area contributed by atoms with E-state index in [1.807, 2.05) is 0 Å². The molecule has 2 aliphatic carbocycles. The summed E-state index contributed by atoms with van der Waals surface area (Å²) in [7, 11) is 0. The van der Waals surface area contributed by atoms with E-state index >= 15 is 0 Å². The van der Waals surface area contributed by atoms with Crippen molar-refractivity contribution in [2.24, 2.45) is 5.92 Å². The molecule has 0 aromatic rings. The second-order valence-electron chi connectivity index (χ2n) is 5.73. The number of rotatable bonds is 0. The third-order valence-corrected chi connectivity index (χ3v) is 4.71. The highest BCUT2D eigenvalue weighted by molar-refractivity contribution is 4.94. The molecule has 3 rings (SSSR count). The van der Waals surface area contributed by atoms with Crippen LogP contribution in [0, 0.1) is 5.92 Å². The minimum absolute atomic E-state index is 0.225. The molecule has 0 amide bonds. The third-order valence-electron chi connectivity index (χ3n) is 4.71. The van der Waals surface area contributed by atoms with Gasteiger partial charge in [-0.3, -0.25) is 0 Å². The molecule has 1 saturated heterocycles. The molecular weight excluding hydrogens is 186 g/mol. The zero-order chi connectivity index (χ0) is 10.1. The van der Waals surface area contributed by atoms with Crippen LogP contribution in [0.1, 0.15) is 51.4 Å². The molecule has 3 fully saturated rings. The molecule has 0 aromatic carbocycles. The van der Waals surface area contributed by atoms with Crippen LogP contribution in [0.25, 0.3) is 0 Å². The molecule has 2 unspecified atom stereocenters. The minimum atomic E-state index is 0.225. The zero-order valence-electron chi connectivity index (χ0n) is 9.63. The maximum atomic E-state index is 6.28. The van der Waals surface area contributed by atoms with Gasteiger partial charge in [-0.05, 0) is 31.6 Å². The average molecular weight is 209 g/mol. The maximum absolute atomic E-state index is 6.28. The summed E-state index contributed by atoms with van der Waals surface area (Å²) in [5.74, 6) is 0.811. The quantitative estimate of drug-likeness (QED) is 0.662. The third kappa shape index (κ3) is 1.94. The summed E-state index contributed by atoms with van der Waals surface area (Å²) in [5, 5.41) is 3.78. The molecule has 3 aliphatic rings. The summed E-state index contributed by atoms with van der Waals surface area (Å²) in [6.45, 7) is 2.14. The van der Waals surface area contributed by atoms with Gasteiger partial charge in [-0.15, -0.1) is 0 Å². The lowest BCUT2D eigenvalue weighted by molar-refractivity contribution is -0.0675. The zero-order valence-corrected chi connectivity index (χ0v) is 9.63. The highest BCUT2D eigenvalue weighted by Gasteiger charge is 2.39. The van der Waals surface area contributed by atoms with Crippen molar-refractivity contribution in [1.82, 2.24) is 5.32 Å². The Labute approximate surface area is 92.8 Å². The van der Waals surface area contributed by atoms with Gasteiger partial charge in [0.1, 0.15) is 0 Å². The van der Waals surface area contributed by atoms with E-state index in [0.29, 0.717) is 0 Å². The van der Waals surface area contributed by atoms with Crippen molar-refractivity contribution < 1.29 is 4.74 Å². The smallest absolute Gasteiger partial charge is 0.0806 e. The largest absolute Gasteiger partial charge is 0.373 e. The van der Waals surface area contributed by atoms with Gasteiger partial charge in [-0.2, -0.15) is 0 Å². The molecule has 2 atom stereocenters. The molecule has 2 saturated carbocycles. The molecule has 1 N–H and O–H groups in total. The summed E-state index contributed by atoms with van der Waals surface area (Å²) < 4.78 is 6.28. The van der Waals surface area contributed by atoms with Crippen molar-refractivity contribution in [3.63, 3.8) is 0 Å². The van der Waals surface area contributed by atoms with Crippen molar-refractivity contribution in [3.05, 3.63) is 0 Å². The lowest BCUT2D eigenvalue weighted by Gasteiger charge is -2.36. The monoisotopic (exact) mass is 209 g/mol. The van der Waals surface area contributed by atoms with Crippen LogP contribution in [0.3, 0.4) is 0 Å². The Morgan fingerprint density at radius 2 is 1.87 bits per heavy atom. The van der Waals surface area contributed by atoms with Gasteiger partial charge in [-0.1, -0.05) is 25.7 Å². The Morgan fingerprint density at radius 3 is 2.73 bits per heavy atom. The Balaban J connectivity index is 1.67. The second kappa shape index (κ2) is 4.06. The molecule has 1 spiro atoms. The molecule has 15 heavy (non-hydrogen) atoms. The Hall–Kier alpha value is -0.0800. The standard InChI is InChI=1S/C13H23NO/c1-2-7-13(8-3-1)10-14-12-6-4-5-11(12)9-15-13/h11-12,14H,1-10H2. The first-order valence-electron chi connectivity index (χ1n) is 6.75. The van der Waals surface area contributed by atoms with Crippen LogP contribution in [-0.4, -0.2) is 24.8 Å². The topological polar surface area (TPSA) is 21.3 Å². The first-order valence-corrected chi connectivity index (χ1v) is 6.75. The van der Waals surface area contributed by atoms with Gasteiger partial charge in [-0.25, -0.2) is 0 Å². The van der Waals surface area contributed by atoms with E-state index in [4.69, 9.17) is 4.74 Å². The molecule has 2 nitrogen and oxygen atoms in total. The molecule has 0 aromatic heterocycles. The average Bonchev–Trinajstić information content (AvgIpc) is 2.67. The lowest BCUT2D eigenvalue weighted by atomic mass is 9.84. The first-order chi connectivity index (χ1) is 7.38. The van der Waals surface area contributed by atoms with Crippen molar-refractivity contribution in [2.75, 3.05) is 13.2 Å². The predicted octanol–water partition coefficient (Wildman–Crippen LogP) is 2.48. The molecule has 2 heteroatoms. The van der Waals surface area contributed by atoms with Gasteiger partial charge in [0.2, 0.25) is 0 Å². The number of ether oxygens (including phenoxy) is 1. The van der Waals surface area contributed by atoms with E-state index in [2.05, 4.69) is 5.32 Å². The molecule has 1 aliphatic heterocycles. The van der Waals surface area contributed by atoms with Crippen LogP contribution in [0.5, 0.6) is 0 Å². The van der Waals surface area contributed by atoms with Crippen LogP contribution >= 0.6 is 0 Å². The first kappa shape index (κ1) is 10.1. The van der Waals surface area contributed by atoms with E-state index in [-0.39, 0.29) is 5.60 Å². The van der Waals surface area contributed by atoms with Crippen LogP contribution in [0.15, 0.2) is 0 Å². The molecule has 0 bridgehead atoms. The number of nitrogens with one attached hydrogen (secondary N) is 1. The molecular formula is C13H23NO. The van der Waals surface area contributed by atoms with Gasteiger partial charge in [0, 0.05) is 12.6 Å². The molecule has 0 radical (unpaired) electrons. The van der Waals surface area contributed by atoms with Crippen molar-refractivity contribution in [2.45, 2.75) is 63.0 Å². The van der Waals surface area contributed by atoms with E-state index in [9.17, 15) is 0 Å². The summed E-state index contributed by atoms with van der Waals surface area (Å²) in [5.41, 5.74) is 0.225.